The van der Waals surface area contributed by atoms with E-state index in [1.165, 1.54) is 31.5 Å². The van der Waals surface area contributed by atoms with Gasteiger partial charge in [-0.1, -0.05) is 37.3 Å². The number of rotatable bonds is 8. The van der Waals surface area contributed by atoms with Gasteiger partial charge in [0, 0.05) is 6.54 Å². The molecule has 23 heavy (non-hydrogen) atoms. The maximum Gasteiger partial charge on any atom is 0.0717 e. The minimum Gasteiger partial charge on any atom is -0.375 e. The Morgan fingerprint density at radius 3 is 2.57 bits per heavy atom. The van der Waals surface area contributed by atoms with Gasteiger partial charge in [0.1, 0.15) is 0 Å². The smallest absolute Gasteiger partial charge is 0.0717 e. The highest BCUT2D eigenvalue weighted by Gasteiger charge is 2.14. The van der Waals surface area contributed by atoms with E-state index in [1.807, 2.05) is 13.0 Å². The van der Waals surface area contributed by atoms with Crippen LogP contribution in [0.2, 0.25) is 0 Å². The van der Waals surface area contributed by atoms with Crippen LogP contribution in [-0.2, 0) is 16.2 Å². The monoisotopic (exact) mass is 318 g/mol. The first kappa shape index (κ1) is 18.0. The first-order chi connectivity index (χ1) is 11.2. The molecule has 0 amide bonds. The van der Waals surface area contributed by atoms with Gasteiger partial charge >= 0.3 is 0 Å². The van der Waals surface area contributed by atoms with Crippen molar-refractivity contribution in [2.45, 2.75) is 33.3 Å². The summed E-state index contributed by atoms with van der Waals surface area (Å²) in [6, 6.07) is 8.40. The molecule has 4 heteroatoms. The van der Waals surface area contributed by atoms with Crippen LogP contribution in [0.4, 0.5) is 0 Å². The number of benzene rings is 1. The van der Waals surface area contributed by atoms with Gasteiger partial charge in [0.2, 0.25) is 0 Å². The summed E-state index contributed by atoms with van der Waals surface area (Å²) in [7, 11) is 1.62. The average molecular weight is 318 g/mol. The average Bonchev–Trinajstić information content (AvgIpc) is 2.59. The van der Waals surface area contributed by atoms with Gasteiger partial charge in [-0.05, 0) is 49.9 Å². The SMILES string of the molecule is CC=C(NOC)c1ccc(COCCN2CCC(C)CC2)cc1. The van der Waals surface area contributed by atoms with Crippen LogP contribution in [0.15, 0.2) is 30.3 Å². The van der Waals surface area contributed by atoms with Gasteiger partial charge in [0.05, 0.1) is 26.0 Å². The summed E-state index contributed by atoms with van der Waals surface area (Å²) in [6.07, 6.45) is 4.64. The predicted molar refractivity (Wildman–Crippen MR) is 94.7 cm³/mol. The standard InChI is InChI=1S/C19H30N2O2/c1-4-19(20-22-3)18-7-5-17(6-8-18)15-23-14-13-21-11-9-16(2)10-12-21/h4-8,16,20H,9-15H2,1-3H3. The molecule has 1 aliphatic rings. The number of hydrogen-bond acceptors (Lipinski definition) is 4. The molecule has 0 atom stereocenters. The number of nitrogens with one attached hydrogen (secondary N) is 1. The van der Waals surface area contributed by atoms with Gasteiger partial charge in [-0.2, -0.15) is 0 Å². The van der Waals surface area contributed by atoms with Crippen LogP contribution in [-0.4, -0.2) is 38.3 Å². The van der Waals surface area contributed by atoms with Crippen molar-refractivity contribution in [3.63, 3.8) is 0 Å². The summed E-state index contributed by atoms with van der Waals surface area (Å²) in [5.41, 5.74) is 6.17. The minimum absolute atomic E-state index is 0.674. The van der Waals surface area contributed by atoms with Gasteiger partial charge < -0.3 is 9.64 Å². The zero-order valence-corrected chi connectivity index (χ0v) is 14.7. The maximum atomic E-state index is 5.83. The van der Waals surface area contributed by atoms with Crippen molar-refractivity contribution in [2.24, 2.45) is 5.92 Å². The van der Waals surface area contributed by atoms with Crippen molar-refractivity contribution < 1.29 is 9.57 Å². The largest absolute Gasteiger partial charge is 0.375 e. The number of allylic oxidation sites excluding steroid dienone is 1. The van der Waals surface area contributed by atoms with E-state index in [0.717, 1.165) is 30.3 Å². The lowest BCUT2D eigenvalue weighted by Crippen LogP contribution is -2.35. The second-order valence-corrected chi connectivity index (χ2v) is 6.28. The Balaban J connectivity index is 1.70. The Bertz CT molecular complexity index is 477. The van der Waals surface area contributed by atoms with Crippen molar-refractivity contribution in [1.82, 2.24) is 10.4 Å². The molecule has 1 fully saturated rings. The lowest BCUT2D eigenvalue weighted by atomic mass is 9.99. The molecule has 0 aliphatic carbocycles. The van der Waals surface area contributed by atoms with Crippen LogP contribution in [0.3, 0.4) is 0 Å². The fourth-order valence-corrected chi connectivity index (χ4v) is 2.84. The molecule has 4 nitrogen and oxygen atoms in total. The molecule has 0 radical (unpaired) electrons. The van der Waals surface area contributed by atoms with E-state index < -0.39 is 0 Å². The number of ether oxygens (including phenoxy) is 1. The van der Waals surface area contributed by atoms with Crippen molar-refractivity contribution >= 4 is 5.70 Å². The summed E-state index contributed by atoms with van der Waals surface area (Å²) in [5, 5.41) is 0. The van der Waals surface area contributed by atoms with Gasteiger partial charge in [-0.15, -0.1) is 0 Å². The minimum atomic E-state index is 0.674. The van der Waals surface area contributed by atoms with Gasteiger partial charge in [0.25, 0.3) is 0 Å². The highest BCUT2D eigenvalue weighted by atomic mass is 16.6. The quantitative estimate of drug-likeness (QED) is 0.588. The molecule has 1 aliphatic heterocycles. The van der Waals surface area contributed by atoms with Crippen molar-refractivity contribution in [2.75, 3.05) is 33.4 Å². The van der Waals surface area contributed by atoms with E-state index in [2.05, 4.69) is 41.6 Å². The Morgan fingerprint density at radius 2 is 1.96 bits per heavy atom. The number of hydroxylamine groups is 1. The Labute approximate surface area is 140 Å². The van der Waals surface area contributed by atoms with Crippen LogP contribution in [0.5, 0.6) is 0 Å². The first-order valence-electron chi connectivity index (χ1n) is 8.57. The molecule has 1 heterocycles. The second kappa shape index (κ2) is 9.71. The van der Waals surface area contributed by atoms with Crippen molar-refractivity contribution in [3.05, 3.63) is 41.5 Å². The van der Waals surface area contributed by atoms with E-state index >= 15 is 0 Å². The molecule has 0 unspecified atom stereocenters. The van der Waals surface area contributed by atoms with Crippen LogP contribution in [0.25, 0.3) is 5.70 Å². The zero-order chi connectivity index (χ0) is 16.5. The third kappa shape index (κ3) is 5.98. The molecule has 0 bridgehead atoms. The highest BCUT2D eigenvalue weighted by Crippen LogP contribution is 2.16. The maximum absolute atomic E-state index is 5.83. The van der Waals surface area contributed by atoms with E-state index in [-0.39, 0.29) is 0 Å². The second-order valence-electron chi connectivity index (χ2n) is 6.28. The molecule has 0 saturated carbocycles. The van der Waals surface area contributed by atoms with E-state index in [0.29, 0.717) is 6.61 Å². The van der Waals surface area contributed by atoms with Crippen LogP contribution in [0, 0.1) is 5.92 Å². The van der Waals surface area contributed by atoms with E-state index in [9.17, 15) is 0 Å². The third-order valence-electron chi connectivity index (χ3n) is 4.46. The van der Waals surface area contributed by atoms with Crippen molar-refractivity contribution in [3.8, 4) is 0 Å². The topological polar surface area (TPSA) is 33.7 Å². The normalized spacial score (nSPS) is 17.4. The summed E-state index contributed by atoms with van der Waals surface area (Å²) in [5.74, 6) is 0.889. The molecular formula is C19H30N2O2. The molecule has 1 saturated heterocycles. The van der Waals surface area contributed by atoms with Gasteiger partial charge in [-0.3, -0.25) is 10.3 Å². The molecule has 1 N–H and O–H groups in total. The lowest BCUT2D eigenvalue weighted by molar-refractivity contribution is 0.0807. The summed E-state index contributed by atoms with van der Waals surface area (Å²) in [4.78, 5) is 7.49. The predicted octanol–water partition coefficient (Wildman–Crippen LogP) is 3.45. The number of likely N-dealkylation sites (tertiary alicyclic amines) is 1. The van der Waals surface area contributed by atoms with Crippen LogP contribution >= 0.6 is 0 Å². The van der Waals surface area contributed by atoms with E-state index in [1.54, 1.807) is 7.11 Å². The summed E-state index contributed by atoms with van der Waals surface area (Å²) >= 11 is 0. The fourth-order valence-electron chi connectivity index (χ4n) is 2.84. The summed E-state index contributed by atoms with van der Waals surface area (Å²) < 4.78 is 5.83. The molecule has 1 aromatic carbocycles. The summed E-state index contributed by atoms with van der Waals surface area (Å²) in [6.45, 7) is 9.30. The van der Waals surface area contributed by atoms with Crippen molar-refractivity contribution in [1.29, 1.82) is 0 Å². The van der Waals surface area contributed by atoms with Crippen LogP contribution in [0.1, 0.15) is 37.8 Å². The molecule has 128 valence electrons. The van der Waals surface area contributed by atoms with Crippen LogP contribution < -0.4 is 5.48 Å². The van der Waals surface area contributed by atoms with Gasteiger partial charge in [0.15, 0.2) is 0 Å². The molecule has 2 rings (SSSR count). The third-order valence-corrected chi connectivity index (χ3v) is 4.46. The van der Waals surface area contributed by atoms with Gasteiger partial charge in [-0.25, -0.2) is 0 Å². The number of nitrogens with zero attached hydrogens (tertiary/aromatic N) is 1. The molecule has 0 spiro atoms. The first-order valence-corrected chi connectivity index (χ1v) is 8.57. The molecule has 0 aromatic heterocycles. The molecule has 1 aromatic rings. The highest BCUT2D eigenvalue weighted by molar-refractivity contribution is 5.62. The fraction of sp³-hybridized carbons (Fsp3) is 0.579. The lowest BCUT2D eigenvalue weighted by Gasteiger charge is -2.29. The Kier molecular flexibility index (Phi) is 7.59. The van der Waals surface area contributed by atoms with E-state index in [4.69, 9.17) is 9.57 Å². The zero-order valence-electron chi connectivity index (χ0n) is 14.7. The molecular weight excluding hydrogens is 288 g/mol. The Morgan fingerprint density at radius 1 is 1.26 bits per heavy atom. The number of piperidine rings is 1. The number of hydrogen-bond donors (Lipinski definition) is 1. The Hall–Kier alpha value is -1.36.